The summed E-state index contributed by atoms with van der Waals surface area (Å²) in [5.74, 6) is 0. The van der Waals surface area contributed by atoms with Crippen LogP contribution in [0.1, 0.15) is 5.56 Å². The fraction of sp³-hybridized carbons (Fsp3) is 0. The molecule has 0 spiro atoms. The lowest BCUT2D eigenvalue weighted by molar-refractivity contribution is -0.385. The molecule has 0 saturated carbocycles. The lowest BCUT2D eigenvalue weighted by atomic mass is 10.2. The predicted molar refractivity (Wildman–Crippen MR) is 79.5 cm³/mol. The van der Waals surface area contributed by atoms with Gasteiger partial charge in [0.2, 0.25) is 0 Å². The predicted octanol–water partition coefficient (Wildman–Crippen LogP) is 4.76. The number of hydrogen-bond donors (Lipinski definition) is 0. The molecule has 0 aromatic heterocycles. The van der Waals surface area contributed by atoms with E-state index in [4.69, 9.17) is 11.6 Å². The third kappa shape index (κ3) is 3.62. The van der Waals surface area contributed by atoms with Crippen molar-refractivity contribution in [1.82, 2.24) is 0 Å². The number of benzene rings is 2. The second kappa shape index (κ2) is 5.95. The van der Waals surface area contributed by atoms with Gasteiger partial charge in [-0.1, -0.05) is 17.7 Å². The second-order valence-corrected chi connectivity index (χ2v) is 4.99. The molecule has 0 saturated heterocycles. The van der Waals surface area contributed by atoms with E-state index >= 15 is 0 Å². The second-order valence-electron chi connectivity index (χ2n) is 3.70. The van der Waals surface area contributed by atoms with E-state index in [2.05, 4.69) is 20.9 Å². The van der Waals surface area contributed by atoms with Gasteiger partial charge in [-0.25, -0.2) is 0 Å². The van der Waals surface area contributed by atoms with Crippen molar-refractivity contribution in [2.45, 2.75) is 0 Å². The van der Waals surface area contributed by atoms with E-state index in [1.54, 1.807) is 42.6 Å². The highest BCUT2D eigenvalue weighted by Gasteiger charge is 2.11. The molecule has 0 heterocycles. The highest BCUT2D eigenvalue weighted by atomic mass is 79.9. The summed E-state index contributed by atoms with van der Waals surface area (Å²) in [5, 5.41) is 11.4. The van der Waals surface area contributed by atoms with Gasteiger partial charge in [0.25, 0.3) is 5.69 Å². The summed E-state index contributed by atoms with van der Waals surface area (Å²) in [5.41, 5.74) is 1.40. The number of rotatable bonds is 3. The number of halogens is 2. The van der Waals surface area contributed by atoms with Crippen molar-refractivity contribution in [2.75, 3.05) is 0 Å². The molecule has 0 amide bonds. The van der Waals surface area contributed by atoms with Gasteiger partial charge in [-0.2, -0.15) is 0 Å². The summed E-state index contributed by atoms with van der Waals surface area (Å²) < 4.78 is 0.446. The Labute approximate surface area is 123 Å². The first-order chi connectivity index (χ1) is 9.06. The molecule has 2 aromatic carbocycles. The number of nitro benzene ring substituents is 1. The Morgan fingerprint density at radius 3 is 2.53 bits per heavy atom. The molecule has 4 nitrogen and oxygen atoms in total. The molecule has 0 atom stereocenters. The summed E-state index contributed by atoms with van der Waals surface area (Å²) in [6, 6.07) is 11.8. The zero-order valence-electron chi connectivity index (χ0n) is 9.59. The average Bonchev–Trinajstić information content (AvgIpc) is 2.39. The Hall–Kier alpha value is -1.72. The quantitative estimate of drug-likeness (QED) is 0.460. The van der Waals surface area contributed by atoms with Crippen molar-refractivity contribution >= 4 is 45.1 Å². The van der Waals surface area contributed by atoms with Gasteiger partial charge in [-0.05, 0) is 51.8 Å². The lowest BCUT2D eigenvalue weighted by Gasteiger charge is -1.97. The van der Waals surface area contributed by atoms with Crippen LogP contribution in [0, 0.1) is 10.1 Å². The van der Waals surface area contributed by atoms with E-state index < -0.39 is 4.92 Å². The first kappa shape index (κ1) is 13.7. The van der Waals surface area contributed by atoms with Gasteiger partial charge in [0.15, 0.2) is 0 Å². The summed E-state index contributed by atoms with van der Waals surface area (Å²) >= 11 is 8.90. The van der Waals surface area contributed by atoms with Crippen LogP contribution in [0.2, 0.25) is 5.02 Å². The average molecular weight is 340 g/mol. The maximum Gasteiger partial charge on any atom is 0.284 e. The lowest BCUT2D eigenvalue weighted by Crippen LogP contribution is -1.91. The van der Waals surface area contributed by atoms with E-state index in [1.165, 1.54) is 6.07 Å². The Bertz CT molecular complexity index is 642. The number of nitrogens with zero attached hydrogens (tertiary/aromatic N) is 2. The maximum absolute atomic E-state index is 10.8. The summed E-state index contributed by atoms with van der Waals surface area (Å²) in [6.07, 6.45) is 1.57. The highest BCUT2D eigenvalue weighted by Crippen LogP contribution is 2.25. The number of aliphatic imine (C=N–C) groups is 1. The standard InChI is InChI=1S/C13H8BrClN2O2/c14-12-6-1-9(7-13(12)17(18)19)8-16-11-4-2-10(15)3-5-11/h1-8H. The van der Waals surface area contributed by atoms with Crippen LogP contribution in [0.5, 0.6) is 0 Å². The molecule has 0 aliphatic rings. The van der Waals surface area contributed by atoms with Crippen LogP contribution < -0.4 is 0 Å². The molecule has 0 fully saturated rings. The van der Waals surface area contributed by atoms with Crippen LogP contribution in [-0.2, 0) is 0 Å². The molecule has 0 radical (unpaired) electrons. The van der Waals surface area contributed by atoms with E-state index in [1.807, 2.05) is 0 Å². The fourth-order valence-corrected chi connectivity index (χ4v) is 1.94. The van der Waals surface area contributed by atoms with E-state index in [9.17, 15) is 10.1 Å². The molecule has 2 rings (SSSR count). The molecule has 0 unspecified atom stereocenters. The molecule has 0 aliphatic heterocycles. The normalized spacial score (nSPS) is 10.8. The summed E-state index contributed by atoms with van der Waals surface area (Å²) in [4.78, 5) is 14.6. The van der Waals surface area contributed by atoms with Gasteiger partial charge in [0, 0.05) is 17.3 Å². The topological polar surface area (TPSA) is 55.5 Å². The van der Waals surface area contributed by atoms with Gasteiger partial charge in [0.05, 0.1) is 15.1 Å². The van der Waals surface area contributed by atoms with Crippen LogP contribution in [0.3, 0.4) is 0 Å². The smallest absolute Gasteiger partial charge is 0.258 e. The zero-order valence-corrected chi connectivity index (χ0v) is 11.9. The van der Waals surface area contributed by atoms with E-state index in [0.717, 1.165) is 5.69 Å². The van der Waals surface area contributed by atoms with Crippen LogP contribution in [0.25, 0.3) is 0 Å². The maximum atomic E-state index is 10.8. The molecule has 0 N–H and O–H groups in total. The van der Waals surface area contributed by atoms with Crippen molar-refractivity contribution in [1.29, 1.82) is 0 Å². The van der Waals surface area contributed by atoms with Gasteiger partial charge in [-0.15, -0.1) is 0 Å². The van der Waals surface area contributed by atoms with Gasteiger partial charge in [-0.3, -0.25) is 15.1 Å². The van der Waals surface area contributed by atoms with Crippen molar-refractivity contribution in [2.24, 2.45) is 4.99 Å². The van der Waals surface area contributed by atoms with E-state index in [-0.39, 0.29) is 5.69 Å². The third-order valence-corrected chi connectivity index (χ3v) is 3.28. The van der Waals surface area contributed by atoms with E-state index in [0.29, 0.717) is 15.1 Å². The fourth-order valence-electron chi connectivity index (χ4n) is 1.43. The Morgan fingerprint density at radius 1 is 1.21 bits per heavy atom. The van der Waals surface area contributed by atoms with Gasteiger partial charge in [0.1, 0.15) is 0 Å². The van der Waals surface area contributed by atoms with Crippen LogP contribution >= 0.6 is 27.5 Å². The first-order valence-electron chi connectivity index (χ1n) is 5.30. The van der Waals surface area contributed by atoms with Crippen molar-refractivity contribution in [3.63, 3.8) is 0 Å². The Kier molecular flexibility index (Phi) is 4.29. The monoisotopic (exact) mass is 338 g/mol. The molecule has 0 bridgehead atoms. The van der Waals surface area contributed by atoms with Crippen molar-refractivity contribution < 1.29 is 4.92 Å². The van der Waals surface area contributed by atoms with Gasteiger partial charge >= 0.3 is 0 Å². The SMILES string of the molecule is O=[N+]([O-])c1cc(C=Nc2ccc(Cl)cc2)ccc1Br. The van der Waals surface area contributed by atoms with Crippen LogP contribution in [-0.4, -0.2) is 11.1 Å². The Morgan fingerprint density at radius 2 is 1.89 bits per heavy atom. The molecular weight excluding hydrogens is 332 g/mol. The molecule has 6 heteroatoms. The minimum Gasteiger partial charge on any atom is -0.258 e. The van der Waals surface area contributed by atoms with Crippen molar-refractivity contribution in [3.8, 4) is 0 Å². The molecule has 96 valence electrons. The first-order valence-corrected chi connectivity index (χ1v) is 6.47. The molecule has 2 aromatic rings. The number of nitro groups is 1. The van der Waals surface area contributed by atoms with Gasteiger partial charge < -0.3 is 0 Å². The summed E-state index contributed by atoms with van der Waals surface area (Å²) in [7, 11) is 0. The van der Waals surface area contributed by atoms with Crippen LogP contribution in [0.4, 0.5) is 11.4 Å². The minimum atomic E-state index is -0.441. The molecule has 19 heavy (non-hydrogen) atoms. The molecular formula is C13H8BrClN2O2. The largest absolute Gasteiger partial charge is 0.284 e. The highest BCUT2D eigenvalue weighted by molar-refractivity contribution is 9.10. The Balaban J connectivity index is 2.26. The number of hydrogen-bond acceptors (Lipinski definition) is 3. The summed E-state index contributed by atoms with van der Waals surface area (Å²) in [6.45, 7) is 0. The van der Waals surface area contributed by atoms with Crippen molar-refractivity contribution in [3.05, 3.63) is 67.6 Å². The molecule has 0 aliphatic carbocycles. The van der Waals surface area contributed by atoms with Crippen LogP contribution in [0.15, 0.2) is 51.9 Å². The minimum absolute atomic E-state index is 0.0139. The third-order valence-electron chi connectivity index (χ3n) is 2.36. The zero-order chi connectivity index (χ0) is 13.8.